The molecule has 0 unspecified atom stereocenters. The zero-order chi connectivity index (χ0) is 16.1. The normalized spacial score (nSPS) is 11.7. The predicted octanol–water partition coefficient (Wildman–Crippen LogP) is 2.82. The minimum absolute atomic E-state index is 0.216. The van der Waals surface area contributed by atoms with Crippen LogP contribution in [0.25, 0.3) is 0 Å². The molecule has 0 aromatic heterocycles. The van der Waals surface area contributed by atoms with Crippen molar-refractivity contribution >= 4 is 35.0 Å². The molecule has 0 bridgehead atoms. The number of halogens is 2. The average molecular weight is 337 g/mol. The molecule has 2 aromatic rings. The van der Waals surface area contributed by atoms with Crippen LogP contribution in [0.4, 0.5) is 0 Å². The predicted molar refractivity (Wildman–Crippen MR) is 87.1 cm³/mol. The number of amides is 2. The van der Waals surface area contributed by atoms with Gasteiger partial charge in [0.25, 0.3) is 5.91 Å². The highest BCUT2D eigenvalue weighted by Crippen LogP contribution is 2.21. The maximum Gasteiger partial charge on any atom is 0.253 e. The number of primary amides is 1. The average Bonchev–Trinajstić information content (AvgIpc) is 2.47. The van der Waals surface area contributed by atoms with E-state index in [1.54, 1.807) is 6.07 Å². The molecule has 2 rings (SSSR count). The Kier molecular flexibility index (Phi) is 5.41. The number of benzene rings is 2. The summed E-state index contributed by atoms with van der Waals surface area (Å²) in [6.07, 6.45) is 0.313. The van der Waals surface area contributed by atoms with Gasteiger partial charge in [-0.3, -0.25) is 9.59 Å². The Labute approximate surface area is 138 Å². The van der Waals surface area contributed by atoms with E-state index in [0.29, 0.717) is 11.4 Å². The summed E-state index contributed by atoms with van der Waals surface area (Å²) in [4.78, 5) is 23.8. The lowest BCUT2D eigenvalue weighted by Crippen LogP contribution is -2.45. The molecule has 0 saturated carbocycles. The van der Waals surface area contributed by atoms with E-state index in [9.17, 15) is 9.59 Å². The lowest BCUT2D eigenvalue weighted by molar-refractivity contribution is -0.119. The van der Waals surface area contributed by atoms with E-state index >= 15 is 0 Å². The van der Waals surface area contributed by atoms with E-state index in [1.165, 1.54) is 12.1 Å². The van der Waals surface area contributed by atoms with Gasteiger partial charge in [-0.25, -0.2) is 0 Å². The van der Waals surface area contributed by atoms with Gasteiger partial charge in [0, 0.05) is 11.4 Å². The van der Waals surface area contributed by atoms with Gasteiger partial charge in [-0.15, -0.1) is 0 Å². The second kappa shape index (κ2) is 7.29. The van der Waals surface area contributed by atoms with Crippen molar-refractivity contribution in [3.63, 3.8) is 0 Å². The summed E-state index contributed by atoms with van der Waals surface area (Å²) in [5.41, 5.74) is 6.50. The number of hydrogen-bond acceptors (Lipinski definition) is 2. The summed E-state index contributed by atoms with van der Waals surface area (Å²) in [6.45, 7) is 0. The van der Waals surface area contributed by atoms with E-state index < -0.39 is 17.9 Å². The quantitative estimate of drug-likeness (QED) is 0.881. The molecule has 3 N–H and O–H groups in total. The van der Waals surface area contributed by atoms with Crippen LogP contribution in [0.2, 0.25) is 10.0 Å². The second-order valence-electron chi connectivity index (χ2n) is 4.74. The van der Waals surface area contributed by atoms with Gasteiger partial charge in [0.1, 0.15) is 6.04 Å². The Bertz CT molecular complexity index is 690. The molecule has 4 nitrogen and oxygen atoms in total. The Morgan fingerprint density at radius 1 is 1.09 bits per heavy atom. The van der Waals surface area contributed by atoms with Crippen LogP contribution < -0.4 is 11.1 Å². The first kappa shape index (κ1) is 16.3. The fraction of sp³-hybridized carbons (Fsp3) is 0.125. The standard InChI is InChI=1S/C16H14Cl2N2O2/c17-11-6-7-12(13(18)9-11)16(22)20-14(15(19)21)8-10-4-2-1-3-5-10/h1-7,9,14H,8H2,(H2,19,21)(H,20,22)/t14-/m0/s1. The van der Waals surface area contributed by atoms with Crippen molar-refractivity contribution in [2.45, 2.75) is 12.5 Å². The number of nitrogens with two attached hydrogens (primary N) is 1. The molecule has 0 saturated heterocycles. The largest absolute Gasteiger partial charge is 0.368 e. The molecule has 0 fully saturated rings. The monoisotopic (exact) mass is 336 g/mol. The first-order valence-electron chi connectivity index (χ1n) is 6.56. The van der Waals surface area contributed by atoms with Gasteiger partial charge in [-0.1, -0.05) is 53.5 Å². The number of carbonyl (C=O) groups is 2. The molecule has 0 aliphatic heterocycles. The smallest absolute Gasteiger partial charge is 0.253 e. The molecule has 0 radical (unpaired) electrons. The van der Waals surface area contributed by atoms with Gasteiger partial charge < -0.3 is 11.1 Å². The van der Waals surface area contributed by atoms with Gasteiger partial charge in [0.15, 0.2) is 0 Å². The molecule has 2 aromatic carbocycles. The molecule has 0 spiro atoms. The van der Waals surface area contributed by atoms with Crippen LogP contribution in [0.1, 0.15) is 15.9 Å². The van der Waals surface area contributed by atoms with Crippen molar-refractivity contribution in [3.8, 4) is 0 Å². The van der Waals surface area contributed by atoms with Gasteiger partial charge in [-0.2, -0.15) is 0 Å². The molecule has 0 aliphatic carbocycles. The fourth-order valence-electron chi connectivity index (χ4n) is 1.98. The molecule has 6 heteroatoms. The first-order valence-corrected chi connectivity index (χ1v) is 7.32. The maximum atomic E-state index is 12.2. The molecule has 22 heavy (non-hydrogen) atoms. The Morgan fingerprint density at radius 2 is 1.77 bits per heavy atom. The number of carbonyl (C=O) groups excluding carboxylic acids is 2. The van der Waals surface area contributed by atoms with Crippen molar-refractivity contribution in [2.24, 2.45) is 5.73 Å². The van der Waals surface area contributed by atoms with E-state index in [0.717, 1.165) is 5.56 Å². The molecule has 0 aliphatic rings. The van der Waals surface area contributed by atoms with Gasteiger partial charge >= 0.3 is 0 Å². The lowest BCUT2D eigenvalue weighted by Gasteiger charge is -2.16. The van der Waals surface area contributed by atoms with Crippen LogP contribution in [-0.4, -0.2) is 17.9 Å². The fourth-order valence-corrected chi connectivity index (χ4v) is 2.48. The van der Waals surface area contributed by atoms with Gasteiger partial charge in [-0.05, 0) is 23.8 Å². The van der Waals surface area contributed by atoms with Crippen molar-refractivity contribution in [1.82, 2.24) is 5.32 Å². The van der Waals surface area contributed by atoms with E-state index in [-0.39, 0.29) is 10.6 Å². The van der Waals surface area contributed by atoms with Crippen LogP contribution >= 0.6 is 23.2 Å². The highest BCUT2D eigenvalue weighted by Gasteiger charge is 2.20. The zero-order valence-electron chi connectivity index (χ0n) is 11.6. The second-order valence-corrected chi connectivity index (χ2v) is 5.59. The molecular formula is C16H14Cl2N2O2. The van der Waals surface area contributed by atoms with Crippen molar-refractivity contribution in [3.05, 3.63) is 69.7 Å². The number of rotatable bonds is 5. The van der Waals surface area contributed by atoms with Crippen molar-refractivity contribution in [2.75, 3.05) is 0 Å². The third-order valence-electron chi connectivity index (χ3n) is 3.11. The van der Waals surface area contributed by atoms with Gasteiger partial charge in [0.05, 0.1) is 10.6 Å². The van der Waals surface area contributed by atoms with Crippen LogP contribution in [-0.2, 0) is 11.2 Å². The SMILES string of the molecule is NC(=O)[C@H](Cc1ccccc1)NC(=O)c1ccc(Cl)cc1Cl. The Hall–Kier alpha value is -2.04. The number of nitrogens with one attached hydrogen (secondary N) is 1. The van der Waals surface area contributed by atoms with Crippen LogP contribution in [0, 0.1) is 0 Å². The van der Waals surface area contributed by atoms with Crippen LogP contribution in [0.3, 0.4) is 0 Å². The summed E-state index contributed by atoms with van der Waals surface area (Å²) in [7, 11) is 0. The third-order valence-corrected chi connectivity index (χ3v) is 3.65. The molecular weight excluding hydrogens is 323 g/mol. The molecule has 1 atom stereocenters. The first-order chi connectivity index (χ1) is 10.5. The summed E-state index contributed by atoms with van der Waals surface area (Å²) in [6, 6.07) is 13.0. The van der Waals surface area contributed by atoms with Crippen molar-refractivity contribution < 1.29 is 9.59 Å². The van der Waals surface area contributed by atoms with Gasteiger partial charge in [0.2, 0.25) is 5.91 Å². The maximum absolute atomic E-state index is 12.2. The Morgan fingerprint density at radius 3 is 2.36 bits per heavy atom. The van der Waals surface area contributed by atoms with E-state index in [4.69, 9.17) is 28.9 Å². The summed E-state index contributed by atoms with van der Waals surface area (Å²) < 4.78 is 0. The lowest BCUT2D eigenvalue weighted by atomic mass is 10.0. The third kappa shape index (κ3) is 4.23. The highest BCUT2D eigenvalue weighted by atomic mass is 35.5. The Balaban J connectivity index is 2.14. The highest BCUT2D eigenvalue weighted by molar-refractivity contribution is 6.36. The molecule has 0 heterocycles. The number of hydrogen-bond donors (Lipinski definition) is 2. The minimum Gasteiger partial charge on any atom is -0.368 e. The summed E-state index contributed by atoms with van der Waals surface area (Å²) >= 11 is 11.8. The van der Waals surface area contributed by atoms with Crippen molar-refractivity contribution in [1.29, 1.82) is 0 Å². The summed E-state index contributed by atoms with van der Waals surface area (Å²) in [5, 5.41) is 3.24. The zero-order valence-corrected chi connectivity index (χ0v) is 13.1. The minimum atomic E-state index is -0.818. The van der Waals surface area contributed by atoms with E-state index in [2.05, 4.69) is 5.32 Å². The topological polar surface area (TPSA) is 72.2 Å². The van der Waals surface area contributed by atoms with Crippen LogP contribution in [0.15, 0.2) is 48.5 Å². The van der Waals surface area contributed by atoms with E-state index in [1.807, 2.05) is 30.3 Å². The summed E-state index contributed by atoms with van der Waals surface area (Å²) in [5.74, 6) is -1.08. The molecule has 2 amide bonds. The molecule has 114 valence electrons. The van der Waals surface area contributed by atoms with Crippen LogP contribution in [0.5, 0.6) is 0 Å².